The molecule has 0 saturated carbocycles. The number of hydrogen-bond donors (Lipinski definition) is 4. The van der Waals surface area contributed by atoms with Gasteiger partial charge in [0.1, 0.15) is 0 Å². The predicted molar refractivity (Wildman–Crippen MR) is 80.6 cm³/mol. The van der Waals surface area contributed by atoms with Crippen molar-refractivity contribution in [3.63, 3.8) is 0 Å². The van der Waals surface area contributed by atoms with Crippen LogP contribution >= 0.6 is 0 Å². The van der Waals surface area contributed by atoms with Crippen LogP contribution in [0.1, 0.15) is 45.4 Å². The minimum Gasteiger partial charge on any atom is -0.392 e. The average Bonchev–Trinajstić information content (AvgIpc) is 2.41. The van der Waals surface area contributed by atoms with Gasteiger partial charge in [-0.3, -0.25) is 0 Å². The van der Waals surface area contributed by atoms with Crippen LogP contribution < -0.4 is 5.32 Å². The molecule has 0 amide bonds. The summed E-state index contributed by atoms with van der Waals surface area (Å²) in [7, 11) is -2.89. The molecule has 0 aromatic heterocycles. The quantitative estimate of drug-likeness (QED) is 0.252. The molecule has 7 heteroatoms. The molecule has 0 aromatic carbocycles. The Morgan fingerprint density at radius 3 is 2.50 bits per heavy atom. The molecule has 0 fully saturated rings. The first-order chi connectivity index (χ1) is 9.66. The third kappa shape index (κ3) is 16.0. The Morgan fingerprint density at radius 2 is 1.80 bits per heavy atom. The Labute approximate surface area is 124 Å². The Morgan fingerprint density at radius 1 is 1.05 bits per heavy atom. The van der Waals surface area contributed by atoms with Crippen molar-refractivity contribution >= 4 is 9.53 Å². The molecule has 0 bridgehead atoms. The summed E-state index contributed by atoms with van der Waals surface area (Å²) in [6.45, 7) is 4.72. The second-order valence-corrected chi connectivity index (χ2v) is 5.88. The van der Waals surface area contributed by atoms with E-state index in [1.165, 1.54) is 25.7 Å². The van der Waals surface area contributed by atoms with Crippen LogP contribution in [-0.4, -0.2) is 63.2 Å². The topological polar surface area (TPSA) is 91.2 Å². The van der Waals surface area contributed by atoms with E-state index in [1.54, 1.807) is 0 Å². The Balaban J connectivity index is 3.14. The van der Waals surface area contributed by atoms with Gasteiger partial charge in [-0.1, -0.05) is 32.6 Å². The zero-order valence-corrected chi connectivity index (χ0v) is 13.7. The Kier molecular flexibility index (Phi) is 15.3. The van der Waals surface area contributed by atoms with E-state index in [9.17, 15) is 5.11 Å². The highest BCUT2D eigenvalue weighted by Gasteiger charge is 2.04. The molecule has 0 aliphatic heterocycles. The fourth-order valence-electron chi connectivity index (χ4n) is 1.75. The normalized spacial score (nSPS) is 13.1. The summed E-state index contributed by atoms with van der Waals surface area (Å²) >= 11 is 0. The maximum absolute atomic E-state index is 9.64. The zero-order valence-electron chi connectivity index (χ0n) is 12.6. The molecular weight excluding hydrogens is 278 g/mol. The van der Waals surface area contributed by atoms with Crippen LogP contribution in [0, 0.1) is 0 Å². The summed E-state index contributed by atoms with van der Waals surface area (Å²) in [5.41, 5.74) is 0. The van der Waals surface area contributed by atoms with E-state index in [2.05, 4.69) is 16.7 Å². The maximum Gasteiger partial charge on any atom is 0.478 e. The lowest BCUT2D eigenvalue weighted by Crippen LogP contribution is -2.31. The van der Waals surface area contributed by atoms with Crippen molar-refractivity contribution in [2.45, 2.75) is 51.6 Å². The monoisotopic (exact) mass is 309 g/mol. The van der Waals surface area contributed by atoms with Crippen molar-refractivity contribution in [1.29, 1.82) is 0 Å². The average molecular weight is 309 g/mol. The van der Waals surface area contributed by atoms with Crippen LogP contribution in [0.5, 0.6) is 0 Å². The van der Waals surface area contributed by atoms with Crippen molar-refractivity contribution in [2.75, 3.05) is 32.9 Å². The number of nitrogens with one attached hydrogen (secondary N) is 1. The fraction of sp³-hybridized carbons (Fsp3) is 1.00. The van der Waals surface area contributed by atoms with Crippen LogP contribution in [0.15, 0.2) is 0 Å². The van der Waals surface area contributed by atoms with Crippen molar-refractivity contribution in [3.05, 3.63) is 0 Å². The van der Waals surface area contributed by atoms with Crippen molar-refractivity contribution in [1.82, 2.24) is 5.32 Å². The molecule has 0 aliphatic rings. The second kappa shape index (κ2) is 15.4. The maximum atomic E-state index is 9.64. The highest BCUT2D eigenvalue weighted by atomic mass is 28.3. The summed E-state index contributed by atoms with van der Waals surface area (Å²) in [6.07, 6.45) is 6.35. The number of rotatable bonds is 15. The lowest BCUT2D eigenvalue weighted by molar-refractivity contribution is 0.0306. The van der Waals surface area contributed by atoms with Gasteiger partial charge in [0, 0.05) is 19.8 Å². The first-order valence-corrected chi connectivity index (χ1v) is 9.11. The largest absolute Gasteiger partial charge is 0.478 e. The minimum absolute atomic E-state index is 0.288. The van der Waals surface area contributed by atoms with Crippen LogP contribution in [-0.2, 0) is 9.16 Å². The van der Waals surface area contributed by atoms with Crippen LogP contribution in [0.3, 0.4) is 0 Å². The molecule has 1 atom stereocenters. The second-order valence-electron chi connectivity index (χ2n) is 4.90. The van der Waals surface area contributed by atoms with Crippen molar-refractivity contribution in [3.8, 4) is 0 Å². The van der Waals surface area contributed by atoms with E-state index in [1.807, 2.05) is 0 Å². The SMILES string of the molecule is CCCCCCCNCC(O)COCCCO[SiH](O)O. The smallest absolute Gasteiger partial charge is 0.392 e. The highest BCUT2D eigenvalue weighted by Crippen LogP contribution is 2.01. The first-order valence-electron chi connectivity index (χ1n) is 7.61. The van der Waals surface area contributed by atoms with Crippen molar-refractivity contribution in [2.24, 2.45) is 0 Å². The van der Waals surface area contributed by atoms with Gasteiger partial charge in [0.2, 0.25) is 0 Å². The molecule has 20 heavy (non-hydrogen) atoms. The molecule has 0 radical (unpaired) electrons. The number of aliphatic hydroxyl groups is 1. The van der Waals surface area contributed by atoms with Gasteiger partial charge >= 0.3 is 9.53 Å². The first kappa shape index (κ1) is 20.0. The van der Waals surface area contributed by atoms with E-state index in [0.29, 0.717) is 26.2 Å². The van der Waals surface area contributed by atoms with Crippen LogP contribution in [0.25, 0.3) is 0 Å². The summed E-state index contributed by atoms with van der Waals surface area (Å²) in [5, 5.41) is 12.9. The van der Waals surface area contributed by atoms with Crippen LogP contribution in [0.2, 0.25) is 0 Å². The molecule has 0 rings (SSSR count). The molecular formula is C13H31NO5Si. The van der Waals surface area contributed by atoms with Gasteiger partial charge in [-0.2, -0.15) is 0 Å². The zero-order chi connectivity index (χ0) is 15.1. The number of unbranched alkanes of at least 4 members (excludes halogenated alkanes) is 4. The molecule has 0 aliphatic carbocycles. The Bertz CT molecular complexity index is 198. The van der Waals surface area contributed by atoms with Crippen molar-refractivity contribution < 1.29 is 23.9 Å². The van der Waals surface area contributed by atoms with Gasteiger partial charge in [0.25, 0.3) is 0 Å². The summed E-state index contributed by atoms with van der Waals surface area (Å²) in [6, 6.07) is 0. The van der Waals surface area contributed by atoms with Gasteiger partial charge in [-0.25, -0.2) is 0 Å². The number of hydrogen-bond acceptors (Lipinski definition) is 6. The van der Waals surface area contributed by atoms with E-state index < -0.39 is 15.6 Å². The highest BCUT2D eigenvalue weighted by molar-refractivity contribution is 6.32. The van der Waals surface area contributed by atoms with E-state index in [0.717, 1.165) is 13.0 Å². The van der Waals surface area contributed by atoms with E-state index >= 15 is 0 Å². The Hall–Kier alpha value is -0.0231. The van der Waals surface area contributed by atoms with Gasteiger partial charge in [0.05, 0.1) is 12.7 Å². The van der Waals surface area contributed by atoms with Gasteiger partial charge in [0.15, 0.2) is 0 Å². The van der Waals surface area contributed by atoms with Gasteiger partial charge in [-0.05, 0) is 19.4 Å². The molecule has 1 unspecified atom stereocenters. The minimum atomic E-state index is -2.89. The van der Waals surface area contributed by atoms with E-state index in [-0.39, 0.29) is 6.61 Å². The summed E-state index contributed by atoms with van der Waals surface area (Å²) in [5.74, 6) is 0. The molecule has 0 aromatic rings. The predicted octanol–water partition coefficient (Wildman–Crippen LogP) is 0.0324. The van der Waals surface area contributed by atoms with Crippen LogP contribution in [0.4, 0.5) is 0 Å². The summed E-state index contributed by atoms with van der Waals surface area (Å²) in [4.78, 5) is 17.1. The standard InChI is InChI=1S/C13H31NO5Si/c1-2-3-4-5-6-8-14-11-13(15)12-18-9-7-10-19-20(16)17/h13-17,20H,2-12H2,1H3. The fourth-order valence-corrected chi connectivity index (χ4v) is 2.13. The van der Waals surface area contributed by atoms with Gasteiger partial charge in [-0.15, -0.1) is 0 Å². The molecule has 4 N–H and O–H groups in total. The lowest BCUT2D eigenvalue weighted by atomic mass is 10.1. The third-order valence-corrected chi connectivity index (χ3v) is 3.38. The molecule has 0 saturated heterocycles. The summed E-state index contributed by atoms with van der Waals surface area (Å²) < 4.78 is 9.93. The third-order valence-electron chi connectivity index (χ3n) is 2.85. The van der Waals surface area contributed by atoms with E-state index in [4.69, 9.17) is 14.3 Å². The molecule has 6 nitrogen and oxygen atoms in total. The molecule has 0 heterocycles. The number of aliphatic hydroxyl groups excluding tert-OH is 1. The lowest BCUT2D eigenvalue weighted by Gasteiger charge is -2.12. The molecule has 122 valence electrons. The number of ether oxygens (including phenoxy) is 1. The molecule has 0 spiro atoms. The van der Waals surface area contributed by atoms with Gasteiger partial charge < -0.3 is 29.2 Å².